The van der Waals surface area contributed by atoms with Crippen LogP contribution >= 0.6 is 11.6 Å². The summed E-state index contributed by atoms with van der Waals surface area (Å²) < 4.78 is 5.66. The molecular formula is C14H15ClN2O2. The van der Waals surface area contributed by atoms with Gasteiger partial charge < -0.3 is 9.64 Å². The number of benzene rings is 1. The van der Waals surface area contributed by atoms with Crippen molar-refractivity contribution in [1.29, 1.82) is 0 Å². The number of fused-ring (bicyclic) bond motifs is 1. The maximum Gasteiger partial charge on any atom is 0.244 e. The van der Waals surface area contributed by atoms with Crippen LogP contribution in [0.3, 0.4) is 0 Å². The zero-order valence-corrected chi connectivity index (χ0v) is 11.2. The summed E-state index contributed by atoms with van der Waals surface area (Å²) in [7, 11) is 0. The average molecular weight is 279 g/mol. The van der Waals surface area contributed by atoms with Crippen LogP contribution in [0.15, 0.2) is 30.4 Å². The first-order valence-electron chi connectivity index (χ1n) is 6.34. The predicted molar refractivity (Wildman–Crippen MR) is 73.3 cm³/mol. The molecule has 4 nitrogen and oxygen atoms in total. The van der Waals surface area contributed by atoms with Crippen molar-refractivity contribution in [3.63, 3.8) is 0 Å². The maximum atomic E-state index is 12.4. The summed E-state index contributed by atoms with van der Waals surface area (Å²) in [5, 5.41) is 3.80. The molecule has 1 N–H and O–H groups in total. The van der Waals surface area contributed by atoms with Gasteiger partial charge in [0.15, 0.2) is 0 Å². The van der Waals surface area contributed by atoms with Crippen LogP contribution < -0.4 is 10.1 Å². The number of hydrogen-bond donors (Lipinski definition) is 1. The van der Waals surface area contributed by atoms with E-state index in [0.717, 1.165) is 17.9 Å². The molecule has 0 saturated carbocycles. The van der Waals surface area contributed by atoms with E-state index in [1.54, 1.807) is 6.07 Å². The zero-order valence-electron chi connectivity index (χ0n) is 10.4. The van der Waals surface area contributed by atoms with Crippen molar-refractivity contribution in [2.75, 3.05) is 19.7 Å². The second-order valence-corrected chi connectivity index (χ2v) is 5.11. The minimum absolute atomic E-state index is 0.0881. The number of carbonyl (C=O) groups is 1. The van der Waals surface area contributed by atoms with Gasteiger partial charge in [0.05, 0.1) is 6.54 Å². The molecule has 1 aromatic rings. The Labute approximate surface area is 117 Å². The lowest BCUT2D eigenvalue weighted by molar-refractivity contribution is -0.132. The average Bonchev–Trinajstić information content (AvgIpc) is 2.85. The molecule has 19 heavy (non-hydrogen) atoms. The lowest BCUT2D eigenvalue weighted by Crippen LogP contribution is -2.44. The number of carbonyl (C=O) groups excluding carboxylic acids is 1. The number of amides is 1. The van der Waals surface area contributed by atoms with Crippen LogP contribution in [0.2, 0.25) is 5.02 Å². The van der Waals surface area contributed by atoms with Crippen LogP contribution in [0.25, 0.3) is 0 Å². The molecule has 5 heteroatoms. The largest absolute Gasteiger partial charge is 0.491 e. The standard InChI is InChI=1S/C14H15ClN2O2/c15-11-3-4-13-10(8-11)9-17(6-7-19-13)14(18)12-2-1-5-16-12/h1-4,8,12,16H,5-7,9H2. The minimum Gasteiger partial charge on any atom is -0.491 e. The number of ether oxygens (including phenoxy) is 1. The van der Waals surface area contributed by atoms with E-state index < -0.39 is 0 Å². The second kappa shape index (κ2) is 5.23. The Morgan fingerprint density at radius 1 is 1.47 bits per heavy atom. The number of nitrogens with zero attached hydrogens (tertiary/aromatic N) is 1. The van der Waals surface area contributed by atoms with Crippen molar-refractivity contribution < 1.29 is 9.53 Å². The first-order valence-corrected chi connectivity index (χ1v) is 6.72. The summed E-state index contributed by atoms with van der Waals surface area (Å²) in [4.78, 5) is 14.2. The van der Waals surface area contributed by atoms with E-state index in [1.807, 2.05) is 29.2 Å². The summed E-state index contributed by atoms with van der Waals surface area (Å²) >= 11 is 6.00. The number of hydrogen-bond acceptors (Lipinski definition) is 3. The Hall–Kier alpha value is -1.52. The van der Waals surface area contributed by atoms with Crippen molar-refractivity contribution in [2.24, 2.45) is 0 Å². The van der Waals surface area contributed by atoms with Gasteiger partial charge in [-0.15, -0.1) is 0 Å². The smallest absolute Gasteiger partial charge is 0.244 e. The number of nitrogens with one attached hydrogen (secondary N) is 1. The highest BCUT2D eigenvalue weighted by molar-refractivity contribution is 6.30. The summed E-state index contributed by atoms with van der Waals surface area (Å²) in [6.45, 7) is 2.40. The molecule has 1 aromatic carbocycles. The molecule has 0 fully saturated rings. The fourth-order valence-electron chi connectivity index (χ4n) is 2.38. The van der Waals surface area contributed by atoms with Gasteiger partial charge in [-0.3, -0.25) is 10.1 Å². The fourth-order valence-corrected chi connectivity index (χ4v) is 2.58. The Morgan fingerprint density at radius 2 is 2.37 bits per heavy atom. The van der Waals surface area contributed by atoms with Crippen molar-refractivity contribution >= 4 is 17.5 Å². The second-order valence-electron chi connectivity index (χ2n) is 4.67. The van der Waals surface area contributed by atoms with Crippen LogP contribution in [0.5, 0.6) is 5.75 Å². The third kappa shape index (κ3) is 2.60. The molecule has 0 saturated heterocycles. The lowest BCUT2D eigenvalue weighted by atomic mass is 10.1. The number of halogens is 1. The van der Waals surface area contributed by atoms with Crippen LogP contribution in [0.1, 0.15) is 5.56 Å². The summed E-state index contributed by atoms with van der Waals surface area (Å²) in [6, 6.07) is 5.32. The molecular weight excluding hydrogens is 264 g/mol. The number of rotatable bonds is 1. The molecule has 2 aliphatic rings. The molecule has 3 rings (SSSR count). The van der Waals surface area contributed by atoms with Crippen LogP contribution in [-0.4, -0.2) is 36.5 Å². The third-order valence-electron chi connectivity index (χ3n) is 3.36. The van der Waals surface area contributed by atoms with E-state index in [4.69, 9.17) is 16.3 Å². The lowest BCUT2D eigenvalue weighted by Gasteiger charge is -2.23. The van der Waals surface area contributed by atoms with E-state index in [-0.39, 0.29) is 11.9 Å². The van der Waals surface area contributed by atoms with Gasteiger partial charge >= 0.3 is 0 Å². The van der Waals surface area contributed by atoms with Gasteiger partial charge in [-0.05, 0) is 18.2 Å². The Bertz CT molecular complexity index is 530. The molecule has 2 aliphatic heterocycles. The van der Waals surface area contributed by atoms with Crippen molar-refractivity contribution in [1.82, 2.24) is 10.2 Å². The van der Waals surface area contributed by atoms with E-state index >= 15 is 0 Å². The van der Waals surface area contributed by atoms with E-state index in [9.17, 15) is 4.79 Å². The molecule has 1 amide bonds. The summed E-state index contributed by atoms with van der Waals surface area (Å²) in [5.41, 5.74) is 0.959. The van der Waals surface area contributed by atoms with Crippen LogP contribution in [0, 0.1) is 0 Å². The summed E-state index contributed by atoms with van der Waals surface area (Å²) in [5.74, 6) is 0.903. The monoisotopic (exact) mass is 278 g/mol. The molecule has 100 valence electrons. The molecule has 2 heterocycles. The van der Waals surface area contributed by atoms with Gasteiger partial charge in [0.2, 0.25) is 5.91 Å². The fraction of sp³-hybridized carbons (Fsp3) is 0.357. The van der Waals surface area contributed by atoms with Gasteiger partial charge in [0.25, 0.3) is 0 Å². The highest BCUT2D eigenvalue weighted by atomic mass is 35.5. The molecule has 0 radical (unpaired) electrons. The summed E-state index contributed by atoms with van der Waals surface area (Å²) in [6.07, 6.45) is 3.88. The first-order chi connectivity index (χ1) is 9.24. The molecule has 1 unspecified atom stereocenters. The van der Waals surface area contributed by atoms with Crippen LogP contribution in [-0.2, 0) is 11.3 Å². The zero-order chi connectivity index (χ0) is 13.2. The van der Waals surface area contributed by atoms with Gasteiger partial charge in [-0.1, -0.05) is 23.8 Å². The molecule has 0 aliphatic carbocycles. The van der Waals surface area contributed by atoms with Gasteiger partial charge in [0, 0.05) is 23.7 Å². The van der Waals surface area contributed by atoms with E-state index in [1.165, 1.54) is 0 Å². The first kappa shape index (κ1) is 12.5. The minimum atomic E-state index is -0.208. The highest BCUT2D eigenvalue weighted by Crippen LogP contribution is 2.26. The SMILES string of the molecule is O=C(C1C=CCN1)N1CCOc2ccc(Cl)cc2C1. The highest BCUT2D eigenvalue weighted by Gasteiger charge is 2.26. The van der Waals surface area contributed by atoms with Crippen molar-refractivity contribution in [3.05, 3.63) is 40.9 Å². The topological polar surface area (TPSA) is 41.6 Å². The van der Waals surface area contributed by atoms with Crippen molar-refractivity contribution in [3.8, 4) is 5.75 Å². The Morgan fingerprint density at radius 3 is 3.16 bits per heavy atom. The third-order valence-corrected chi connectivity index (χ3v) is 3.60. The van der Waals surface area contributed by atoms with Gasteiger partial charge in [-0.2, -0.15) is 0 Å². The van der Waals surface area contributed by atoms with Crippen molar-refractivity contribution in [2.45, 2.75) is 12.6 Å². The molecule has 0 spiro atoms. The molecule has 0 bridgehead atoms. The quantitative estimate of drug-likeness (QED) is 0.793. The Balaban J connectivity index is 1.81. The molecule has 0 aromatic heterocycles. The molecule has 1 atom stereocenters. The van der Waals surface area contributed by atoms with E-state index in [2.05, 4.69) is 5.32 Å². The Kier molecular flexibility index (Phi) is 3.44. The van der Waals surface area contributed by atoms with E-state index in [0.29, 0.717) is 24.7 Å². The normalized spacial score (nSPS) is 21.7. The maximum absolute atomic E-state index is 12.4. The van der Waals surface area contributed by atoms with Gasteiger partial charge in [0.1, 0.15) is 18.4 Å². The predicted octanol–water partition coefficient (Wildman–Crippen LogP) is 1.59. The van der Waals surface area contributed by atoms with Crippen LogP contribution in [0.4, 0.5) is 0 Å². The van der Waals surface area contributed by atoms with Gasteiger partial charge in [-0.25, -0.2) is 0 Å².